The summed E-state index contributed by atoms with van der Waals surface area (Å²) in [6.45, 7) is 0. The van der Waals surface area contributed by atoms with Crippen molar-refractivity contribution in [3.63, 3.8) is 0 Å². The van der Waals surface area contributed by atoms with Gasteiger partial charge in [-0.05, 0) is 30.5 Å². The summed E-state index contributed by atoms with van der Waals surface area (Å²) >= 11 is 0. The van der Waals surface area contributed by atoms with Gasteiger partial charge in [-0.3, -0.25) is 4.57 Å². The van der Waals surface area contributed by atoms with Crippen molar-refractivity contribution in [1.82, 2.24) is 9.13 Å². The molecule has 0 amide bonds. The Labute approximate surface area is 112 Å². The molecule has 1 aromatic heterocycles. The first kappa shape index (κ1) is 12.2. The zero-order valence-corrected chi connectivity index (χ0v) is 11.2. The molecule has 1 aliphatic rings. The number of nitrogens with two attached hydrogens (primary N) is 1. The zero-order valence-electron chi connectivity index (χ0n) is 11.2. The molecule has 0 radical (unpaired) electrons. The fourth-order valence-electron chi connectivity index (χ4n) is 2.92. The van der Waals surface area contributed by atoms with E-state index in [9.17, 15) is 4.79 Å². The molecule has 4 nitrogen and oxygen atoms in total. The Morgan fingerprint density at radius 3 is 2.58 bits per heavy atom. The lowest BCUT2D eigenvalue weighted by Crippen LogP contribution is -2.33. The molecule has 0 saturated heterocycles. The second-order valence-electron chi connectivity index (χ2n) is 5.48. The molecule has 19 heavy (non-hydrogen) atoms. The van der Waals surface area contributed by atoms with Crippen LogP contribution in [-0.4, -0.2) is 9.13 Å². The molecule has 1 saturated carbocycles. The lowest BCUT2D eigenvalue weighted by molar-refractivity contribution is 0.461. The van der Waals surface area contributed by atoms with Gasteiger partial charge in [0.2, 0.25) is 0 Å². The van der Waals surface area contributed by atoms with Crippen LogP contribution in [0.15, 0.2) is 41.5 Å². The van der Waals surface area contributed by atoms with E-state index < -0.39 is 0 Å². The quantitative estimate of drug-likeness (QED) is 0.893. The van der Waals surface area contributed by atoms with Gasteiger partial charge in [-0.1, -0.05) is 25.0 Å². The van der Waals surface area contributed by atoms with Crippen molar-refractivity contribution in [2.45, 2.75) is 31.2 Å². The summed E-state index contributed by atoms with van der Waals surface area (Å²) in [5.74, 6) is 0. The molecule has 1 heterocycles. The van der Waals surface area contributed by atoms with Crippen LogP contribution in [0.5, 0.6) is 0 Å². The fourth-order valence-corrected chi connectivity index (χ4v) is 2.92. The third-order valence-corrected chi connectivity index (χ3v) is 4.14. The van der Waals surface area contributed by atoms with E-state index >= 15 is 0 Å². The number of hydrogen-bond acceptors (Lipinski definition) is 2. The molecule has 0 unspecified atom stereocenters. The van der Waals surface area contributed by atoms with Crippen molar-refractivity contribution in [3.8, 4) is 5.69 Å². The summed E-state index contributed by atoms with van der Waals surface area (Å²) in [5, 5.41) is 0. The standard InChI is InChI=1S/C15H19N3O/c1-17-9-10-18(14(17)19)13-6-4-5-12(11-13)15(16)7-2-3-8-15/h4-6,9-11H,2-3,7-8,16H2,1H3. The first-order chi connectivity index (χ1) is 9.10. The highest BCUT2D eigenvalue weighted by Crippen LogP contribution is 2.36. The monoisotopic (exact) mass is 257 g/mol. The maximum absolute atomic E-state index is 12.0. The Morgan fingerprint density at radius 1 is 1.21 bits per heavy atom. The van der Waals surface area contributed by atoms with Crippen molar-refractivity contribution in [2.75, 3.05) is 0 Å². The van der Waals surface area contributed by atoms with E-state index in [1.165, 1.54) is 12.8 Å². The molecular formula is C15H19N3O. The molecule has 3 rings (SSSR count). The number of aromatic nitrogens is 2. The molecule has 1 fully saturated rings. The Balaban J connectivity index is 2.05. The van der Waals surface area contributed by atoms with Crippen LogP contribution in [0.25, 0.3) is 5.69 Å². The van der Waals surface area contributed by atoms with Gasteiger partial charge in [-0.2, -0.15) is 0 Å². The molecule has 1 aromatic carbocycles. The number of nitrogens with zero attached hydrogens (tertiary/aromatic N) is 2. The van der Waals surface area contributed by atoms with E-state index in [-0.39, 0.29) is 11.2 Å². The van der Waals surface area contributed by atoms with Gasteiger partial charge >= 0.3 is 5.69 Å². The van der Waals surface area contributed by atoms with E-state index in [0.717, 1.165) is 24.1 Å². The maximum Gasteiger partial charge on any atom is 0.332 e. The van der Waals surface area contributed by atoms with Crippen LogP contribution in [0.4, 0.5) is 0 Å². The first-order valence-electron chi connectivity index (χ1n) is 6.74. The third-order valence-electron chi connectivity index (χ3n) is 4.14. The van der Waals surface area contributed by atoms with Gasteiger partial charge in [-0.25, -0.2) is 4.79 Å². The van der Waals surface area contributed by atoms with Crippen LogP contribution >= 0.6 is 0 Å². The Hall–Kier alpha value is -1.81. The highest BCUT2D eigenvalue weighted by molar-refractivity contribution is 5.39. The van der Waals surface area contributed by atoms with Crippen molar-refractivity contribution in [2.24, 2.45) is 12.8 Å². The van der Waals surface area contributed by atoms with E-state index in [1.807, 2.05) is 18.2 Å². The van der Waals surface area contributed by atoms with Crippen molar-refractivity contribution in [1.29, 1.82) is 0 Å². The summed E-state index contributed by atoms with van der Waals surface area (Å²) in [5.41, 5.74) is 8.26. The molecule has 2 N–H and O–H groups in total. The van der Waals surface area contributed by atoms with Gasteiger partial charge in [0.05, 0.1) is 5.69 Å². The van der Waals surface area contributed by atoms with Crippen molar-refractivity contribution < 1.29 is 0 Å². The third kappa shape index (κ3) is 2.02. The van der Waals surface area contributed by atoms with E-state index in [0.29, 0.717) is 0 Å². The molecule has 2 aromatic rings. The smallest absolute Gasteiger partial charge is 0.321 e. The fraction of sp³-hybridized carbons (Fsp3) is 0.400. The van der Waals surface area contributed by atoms with Crippen LogP contribution in [0.1, 0.15) is 31.2 Å². The maximum atomic E-state index is 12.0. The van der Waals surface area contributed by atoms with Crippen LogP contribution in [-0.2, 0) is 12.6 Å². The molecule has 0 aliphatic heterocycles. The van der Waals surface area contributed by atoms with E-state index in [1.54, 1.807) is 28.6 Å². The highest BCUT2D eigenvalue weighted by atomic mass is 16.1. The number of rotatable bonds is 2. The minimum absolute atomic E-state index is 0.0327. The van der Waals surface area contributed by atoms with Gasteiger partial charge in [0.1, 0.15) is 0 Å². The summed E-state index contributed by atoms with van der Waals surface area (Å²) < 4.78 is 3.22. The SMILES string of the molecule is Cn1ccn(-c2cccc(C3(N)CCCC3)c2)c1=O. The summed E-state index contributed by atoms with van der Waals surface area (Å²) in [7, 11) is 1.75. The topological polar surface area (TPSA) is 52.9 Å². The van der Waals surface area contributed by atoms with Gasteiger partial charge in [0.15, 0.2) is 0 Å². The normalized spacial score (nSPS) is 17.8. The molecule has 4 heteroatoms. The summed E-state index contributed by atoms with van der Waals surface area (Å²) in [6.07, 6.45) is 7.99. The molecule has 0 bridgehead atoms. The number of aryl methyl sites for hydroxylation is 1. The van der Waals surface area contributed by atoms with Gasteiger partial charge in [-0.15, -0.1) is 0 Å². The minimum atomic E-state index is -0.214. The molecule has 0 spiro atoms. The summed E-state index contributed by atoms with van der Waals surface area (Å²) in [4.78, 5) is 12.0. The lowest BCUT2D eigenvalue weighted by atomic mass is 9.89. The molecule has 0 atom stereocenters. The van der Waals surface area contributed by atoms with Crippen LogP contribution in [0, 0.1) is 0 Å². The number of benzene rings is 1. The lowest BCUT2D eigenvalue weighted by Gasteiger charge is -2.24. The largest absolute Gasteiger partial charge is 0.332 e. The zero-order chi connectivity index (χ0) is 13.5. The predicted molar refractivity (Wildman–Crippen MR) is 75.3 cm³/mol. The molecule has 1 aliphatic carbocycles. The Morgan fingerprint density at radius 2 is 1.95 bits per heavy atom. The van der Waals surface area contributed by atoms with Gasteiger partial charge < -0.3 is 10.3 Å². The van der Waals surface area contributed by atoms with E-state index in [4.69, 9.17) is 5.73 Å². The average Bonchev–Trinajstić information content (AvgIpc) is 2.99. The predicted octanol–water partition coefficient (Wildman–Crippen LogP) is 1.90. The Kier molecular flexibility index (Phi) is 2.82. The number of hydrogen-bond donors (Lipinski definition) is 1. The van der Waals surface area contributed by atoms with Crippen LogP contribution < -0.4 is 11.4 Å². The van der Waals surface area contributed by atoms with E-state index in [2.05, 4.69) is 6.07 Å². The van der Waals surface area contributed by atoms with Crippen LogP contribution in [0.3, 0.4) is 0 Å². The second-order valence-corrected chi connectivity index (χ2v) is 5.48. The minimum Gasteiger partial charge on any atom is -0.321 e. The molecular weight excluding hydrogens is 238 g/mol. The highest BCUT2D eigenvalue weighted by Gasteiger charge is 2.31. The average molecular weight is 257 g/mol. The van der Waals surface area contributed by atoms with Gasteiger partial charge in [0.25, 0.3) is 0 Å². The van der Waals surface area contributed by atoms with Crippen molar-refractivity contribution in [3.05, 3.63) is 52.7 Å². The number of imidazole rings is 1. The second kappa shape index (κ2) is 4.38. The van der Waals surface area contributed by atoms with Crippen molar-refractivity contribution >= 4 is 0 Å². The van der Waals surface area contributed by atoms with Gasteiger partial charge in [0, 0.05) is 25.0 Å². The molecule has 100 valence electrons. The summed E-state index contributed by atoms with van der Waals surface area (Å²) in [6, 6.07) is 8.05. The van der Waals surface area contributed by atoms with Crippen LogP contribution in [0.2, 0.25) is 0 Å². The Bertz CT molecular complexity index is 647. The first-order valence-corrected chi connectivity index (χ1v) is 6.74.